The Kier molecular flexibility index (Phi) is 23.8. The summed E-state index contributed by atoms with van der Waals surface area (Å²) in [5.74, 6) is -11.1. The minimum atomic E-state index is -1.69. The van der Waals surface area contributed by atoms with Gasteiger partial charge in [-0.1, -0.05) is 73.9 Å². The molecule has 0 radical (unpaired) electrons. The van der Waals surface area contributed by atoms with Gasteiger partial charge < -0.3 is 62.6 Å². The van der Waals surface area contributed by atoms with Crippen molar-refractivity contribution < 1.29 is 67.4 Å². The topological polar surface area (TPSA) is 351 Å². The standard InChI is InChI=1S/C53H80N10O14/c1-9-12-43(67)61-46(31(8)10-2)50(73)60-38-27-77-53(76)39-13-11-18-62(39)51(74)37(22-32-14-16-33(64)17-15-32)59-48(71)36(23-42(54)66)57-45(69)25-55-47(70)35(20-29(5)6)56-44(68)24-41(65)34(19-28(3)4)58-49(72)40-21-30(7)26-63(40)52(38)75/h14-17,28-31,34-40,46,64H,9-13,18-27H2,1-8H3,(H2,54,66)(H,55,70)(H,56,68)(H,57,69)(H,58,72)(H,59,71)(H,60,73)(H,61,67). The summed E-state index contributed by atoms with van der Waals surface area (Å²) in [6.07, 6.45) is -0.0689. The van der Waals surface area contributed by atoms with E-state index in [1.54, 1.807) is 48.5 Å². The molecule has 0 saturated carbocycles. The molecule has 3 fully saturated rings. The normalized spacial score (nSPS) is 25.8. The number of carbonyl (C=O) groups excluding carboxylic acids is 12. The number of phenols is 1. The van der Waals surface area contributed by atoms with Crippen LogP contribution in [0.4, 0.5) is 0 Å². The monoisotopic (exact) mass is 1080 g/mol. The van der Waals surface area contributed by atoms with E-state index in [9.17, 15) is 62.6 Å². The fraction of sp³-hybridized carbons (Fsp3) is 0.660. The first-order valence-corrected chi connectivity index (χ1v) is 26.7. The second-order valence-corrected chi connectivity index (χ2v) is 21.4. The average molecular weight is 1080 g/mol. The number of Topliss-reactive ketones (excluding diaryl/α,β-unsaturated/α-hetero) is 1. The lowest BCUT2D eigenvalue weighted by Crippen LogP contribution is -2.60. The highest BCUT2D eigenvalue weighted by Crippen LogP contribution is 2.26. The largest absolute Gasteiger partial charge is 0.508 e. The lowest BCUT2D eigenvalue weighted by atomic mass is 9.97. The lowest BCUT2D eigenvalue weighted by Gasteiger charge is -2.32. The van der Waals surface area contributed by atoms with Gasteiger partial charge in [0.15, 0.2) is 5.78 Å². The van der Waals surface area contributed by atoms with E-state index >= 15 is 0 Å². The van der Waals surface area contributed by atoms with E-state index in [2.05, 4.69) is 37.2 Å². The number of fused-ring (bicyclic) bond motifs is 2. The molecule has 0 aliphatic carbocycles. The van der Waals surface area contributed by atoms with Gasteiger partial charge >= 0.3 is 5.97 Å². The number of aromatic hydroxyl groups is 1. The summed E-state index contributed by atoms with van der Waals surface area (Å²) >= 11 is 0. The predicted octanol–water partition coefficient (Wildman–Crippen LogP) is -0.482. The van der Waals surface area contributed by atoms with Gasteiger partial charge in [0, 0.05) is 25.9 Å². The van der Waals surface area contributed by atoms with Crippen molar-refractivity contribution in [3.8, 4) is 5.75 Å². The molecular formula is C53H80N10O14. The smallest absolute Gasteiger partial charge is 0.328 e. The van der Waals surface area contributed by atoms with Crippen LogP contribution in [0.15, 0.2) is 24.3 Å². The molecule has 10 atom stereocenters. The van der Waals surface area contributed by atoms with E-state index in [1.165, 1.54) is 34.1 Å². The van der Waals surface area contributed by atoms with Gasteiger partial charge in [0.2, 0.25) is 59.1 Å². The Bertz CT molecular complexity index is 2330. The first kappa shape index (κ1) is 62.4. The lowest BCUT2D eigenvalue weighted by molar-refractivity contribution is -0.157. The second kappa shape index (κ2) is 29.4. The molecular weight excluding hydrogens is 1000 g/mol. The van der Waals surface area contributed by atoms with Crippen molar-refractivity contribution in [2.45, 2.75) is 174 Å². The van der Waals surface area contributed by atoms with Crippen LogP contribution in [-0.4, -0.2) is 160 Å². The third-order valence-corrected chi connectivity index (χ3v) is 13.8. The summed E-state index contributed by atoms with van der Waals surface area (Å²) in [4.78, 5) is 169. The number of carbonyl (C=O) groups is 12. The summed E-state index contributed by atoms with van der Waals surface area (Å²) in [6, 6.07) is -5.23. The number of hydrogen-bond acceptors (Lipinski definition) is 14. The first-order chi connectivity index (χ1) is 36.3. The Morgan fingerprint density at radius 3 is 2.04 bits per heavy atom. The Morgan fingerprint density at radius 1 is 0.779 bits per heavy atom. The molecule has 24 heteroatoms. The number of cyclic esters (lactones) is 1. The van der Waals surface area contributed by atoms with Gasteiger partial charge in [-0.25, -0.2) is 4.79 Å². The van der Waals surface area contributed by atoms with E-state index in [0.29, 0.717) is 18.4 Å². The van der Waals surface area contributed by atoms with Gasteiger partial charge in [0.05, 0.1) is 25.4 Å². The molecule has 3 saturated heterocycles. The molecule has 3 aliphatic rings. The molecule has 3 heterocycles. The van der Waals surface area contributed by atoms with Crippen molar-refractivity contribution in [2.24, 2.45) is 29.4 Å². The number of esters is 1. The molecule has 4 rings (SSSR count). The van der Waals surface area contributed by atoms with Crippen molar-refractivity contribution in [3.05, 3.63) is 29.8 Å². The highest BCUT2D eigenvalue weighted by Gasteiger charge is 2.45. The Morgan fingerprint density at radius 2 is 1.42 bits per heavy atom. The van der Waals surface area contributed by atoms with Crippen molar-refractivity contribution in [3.63, 3.8) is 0 Å². The summed E-state index contributed by atoms with van der Waals surface area (Å²) in [5.41, 5.74) is 5.94. The number of benzene rings is 1. The van der Waals surface area contributed by atoms with Gasteiger partial charge in [-0.2, -0.15) is 0 Å². The summed E-state index contributed by atoms with van der Waals surface area (Å²) in [6.45, 7) is 12.7. The molecule has 77 heavy (non-hydrogen) atoms. The van der Waals surface area contributed by atoms with E-state index < -0.39 is 151 Å². The first-order valence-electron chi connectivity index (χ1n) is 26.7. The third-order valence-electron chi connectivity index (χ3n) is 13.8. The number of hydrogen-bond donors (Lipinski definition) is 9. The molecule has 24 nitrogen and oxygen atoms in total. The highest BCUT2D eigenvalue weighted by atomic mass is 16.5. The number of nitrogens with one attached hydrogen (secondary N) is 7. The molecule has 0 aromatic heterocycles. The number of ketones is 1. The van der Waals surface area contributed by atoms with Crippen LogP contribution >= 0.6 is 0 Å². The Labute approximate surface area is 449 Å². The number of ether oxygens (including phenoxy) is 1. The summed E-state index contributed by atoms with van der Waals surface area (Å²) in [7, 11) is 0. The fourth-order valence-corrected chi connectivity index (χ4v) is 9.61. The summed E-state index contributed by atoms with van der Waals surface area (Å²) in [5, 5.41) is 28.1. The van der Waals surface area contributed by atoms with Crippen molar-refractivity contribution in [1.82, 2.24) is 47.0 Å². The highest BCUT2D eigenvalue weighted by molar-refractivity contribution is 6.04. The maximum atomic E-state index is 14.9. The zero-order chi connectivity index (χ0) is 57.3. The number of nitrogens with two attached hydrogens (primary N) is 1. The van der Waals surface area contributed by atoms with Crippen LogP contribution in [0, 0.1) is 23.7 Å². The zero-order valence-corrected chi connectivity index (χ0v) is 45.6. The SMILES string of the molecule is CCCC(=O)NC(C(=O)NC1COC(=O)C2CCCN2C(=O)C(Cc2ccc(O)cc2)NC(=O)C(CC(N)=O)NC(=O)CNC(=O)C(CC(C)C)NC(=O)CC(=O)C(CC(C)C)NC(=O)C2CC(C)CN2C1=O)C(C)CC. The molecule has 10 N–H and O–H groups in total. The van der Waals surface area contributed by atoms with E-state index in [1.807, 2.05) is 6.92 Å². The maximum absolute atomic E-state index is 14.9. The number of amides is 10. The van der Waals surface area contributed by atoms with Crippen LogP contribution in [0.2, 0.25) is 0 Å². The quantitative estimate of drug-likeness (QED) is 0.0792. The maximum Gasteiger partial charge on any atom is 0.328 e. The molecule has 10 unspecified atom stereocenters. The minimum Gasteiger partial charge on any atom is -0.508 e. The van der Waals surface area contributed by atoms with Crippen LogP contribution in [0.5, 0.6) is 5.75 Å². The van der Waals surface area contributed by atoms with E-state index in [-0.39, 0.29) is 81.5 Å². The van der Waals surface area contributed by atoms with Gasteiger partial charge in [-0.3, -0.25) is 52.7 Å². The summed E-state index contributed by atoms with van der Waals surface area (Å²) < 4.78 is 5.82. The number of nitrogens with zero attached hydrogens (tertiary/aromatic N) is 2. The Hall–Kier alpha value is -7.14. The van der Waals surface area contributed by atoms with Crippen molar-refractivity contribution in [1.29, 1.82) is 0 Å². The molecule has 0 bridgehead atoms. The fourth-order valence-electron chi connectivity index (χ4n) is 9.61. The molecule has 1 aromatic rings. The number of primary amides is 1. The van der Waals surface area contributed by atoms with Crippen molar-refractivity contribution >= 4 is 70.8 Å². The van der Waals surface area contributed by atoms with E-state index in [4.69, 9.17) is 10.5 Å². The Balaban J connectivity index is 1.81. The van der Waals surface area contributed by atoms with Crippen LogP contribution in [0.3, 0.4) is 0 Å². The zero-order valence-electron chi connectivity index (χ0n) is 45.6. The predicted molar refractivity (Wildman–Crippen MR) is 278 cm³/mol. The second-order valence-electron chi connectivity index (χ2n) is 21.4. The molecule has 3 aliphatic heterocycles. The van der Waals surface area contributed by atoms with Gasteiger partial charge in [0.1, 0.15) is 54.6 Å². The molecule has 10 amide bonds. The number of rotatable bonds is 15. The van der Waals surface area contributed by atoms with Crippen LogP contribution < -0.4 is 43.0 Å². The molecule has 426 valence electrons. The van der Waals surface area contributed by atoms with Gasteiger partial charge in [0.25, 0.3) is 0 Å². The van der Waals surface area contributed by atoms with Crippen LogP contribution in [-0.2, 0) is 68.7 Å². The van der Waals surface area contributed by atoms with E-state index in [0.717, 1.165) is 0 Å². The number of phenolic OH excluding ortho intramolecular Hbond substituents is 1. The van der Waals surface area contributed by atoms with Gasteiger partial charge in [-0.05, 0) is 79.9 Å². The third kappa shape index (κ3) is 18.8. The molecule has 0 spiro atoms. The molecule has 1 aromatic carbocycles. The van der Waals surface area contributed by atoms with Crippen LogP contribution in [0.1, 0.15) is 125 Å². The van der Waals surface area contributed by atoms with Gasteiger partial charge in [-0.15, -0.1) is 0 Å². The minimum absolute atomic E-state index is 0.00411. The average Bonchev–Trinajstić information content (AvgIpc) is 4.02. The van der Waals surface area contributed by atoms with Crippen molar-refractivity contribution in [2.75, 3.05) is 26.2 Å². The van der Waals surface area contributed by atoms with Crippen LogP contribution in [0.25, 0.3) is 0 Å².